The van der Waals surface area contributed by atoms with E-state index in [9.17, 15) is 4.79 Å². The minimum Gasteiger partial charge on any atom is -0.339 e. The van der Waals surface area contributed by atoms with Crippen LogP contribution in [0.4, 0.5) is 0 Å². The third-order valence-electron chi connectivity index (χ3n) is 2.62. The Kier molecular flexibility index (Phi) is 2.52. The fraction of sp³-hybridized carbons (Fsp3) is 0.600. The predicted octanol–water partition coefficient (Wildman–Crippen LogP) is 0.901. The lowest BCUT2D eigenvalue weighted by atomic mass is 10.2. The Morgan fingerprint density at radius 2 is 2.40 bits per heavy atom. The Labute approximate surface area is 93.1 Å². The summed E-state index contributed by atoms with van der Waals surface area (Å²) in [6.45, 7) is 2.57. The highest BCUT2D eigenvalue weighted by Crippen LogP contribution is 2.34. The van der Waals surface area contributed by atoms with Crippen LogP contribution in [0.2, 0.25) is 0 Å². The van der Waals surface area contributed by atoms with Crippen LogP contribution in [0.15, 0.2) is 6.20 Å². The lowest BCUT2D eigenvalue weighted by Crippen LogP contribution is -2.43. The molecule has 82 valence electrons. The minimum absolute atomic E-state index is 0.0496. The number of carbonyl (C=O) groups excluding carboxylic acids is 1. The van der Waals surface area contributed by atoms with Crippen molar-refractivity contribution in [1.29, 1.82) is 0 Å². The van der Waals surface area contributed by atoms with Crippen molar-refractivity contribution in [1.82, 2.24) is 9.88 Å². The van der Waals surface area contributed by atoms with Gasteiger partial charge < -0.3 is 10.6 Å². The molecule has 1 aliphatic carbocycles. The van der Waals surface area contributed by atoms with Crippen molar-refractivity contribution in [2.24, 2.45) is 5.73 Å². The molecule has 0 saturated heterocycles. The summed E-state index contributed by atoms with van der Waals surface area (Å²) in [4.78, 5) is 18.8. The third-order valence-corrected chi connectivity index (χ3v) is 3.52. The van der Waals surface area contributed by atoms with Crippen molar-refractivity contribution in [3.05, 3.63) is 16.1 Å². The van der Waals surface area contributed by atoms with Gasteiger partial charge in [-0.15, -0.1) is 11.3 Å². The van der Waals surface area contributed by atoms with E-state index in [2.05, 4.69) is 4.98 Å². The van der Waals surface area contributed by atoms with Gasteiger partial charge in [0.1, 0.15) is 0 Å². The molecule has 0 atom stereocenters. The monoisotopic (exact) mass is 225 g/mol. The Bertz CT molecular complexity index is 384. The van der Waals surface area contributed by atoms with Gasteiger partial charge in [-0.25, -0.2) is 4.98 Å². The summed E-state index contributed by atoms with van der Waals surface area (Å²) in [7, 11) is 1.80. The van der Waals surface area contributed by atoms with Crippen LogP contribution in [0.3, 0.4) is 0 Å². The fourth-order valence-corrected chi connectivity index (χ4v) is 2.36. The lowest BCUT2D eigenvalue weighted by Gasteiger charge is -2.19. The van der Waals surface area contributed by atoms with E-state index in [1.807, 2.05) is 13.1 Å². The van der Waals surface area contributed by atoms with Crippen molar-refractivity contribution in [3.8, 4) is 0 Å². The molecule has 1 fully saturated rings. The van der Waals surface area contributed by atoms with E-state index in [4.69, 9.17) is 5.73 Å². The second kappa shape index (κ2) is 3.57. The molecular formula is C10H15N3OS. The Morgan fingerprint density at radius 1 is 1.73 bits per heavy atom. The molecule has 1 aromatic heterocycles. The maximum absolute atomic E-state index is 11.8. The van der Waals surface area contributed by atoms with E-state index in [0.717, 1.165) is 22.7 Å². The molecule has 2 N–H and O–H groups in total. The minimum atomic E-state index is -0.561. The Balaban J connectivity index is 1.97. The van der Waals surface area contributed by atoms with Crippen LogP contribution in [-0.2, 0) is 11.3 Å². The molecule has 1 aliphatic rings. The molecule has 1 heterocycles. The van der Waals surface area contributed by atoms with Gasteiger partial charge in [0.25, 0.3) is 0 Å². The van der Waals surface area contributed by atoms with Gasteiger partial charge in [-0.1, -0.05) is 0 Å². The van der Waals surface area contributed by atoms with Gasteiger partial charge >= 0.3 is 0 Å². The summed E-state index contributed by atoms with van der Waals surface area (Å²) in [5.74, 6) is 0.0496. The van der Waals surface area contributed by atoms with Gasteiger partial charge in [-0.05, 0) is 19.8 Å². The number of aryl methyl sites for hydroxylation is 1. The molecule has 4 nitrogen and oxygen atoms in total. The van der Waals surface area contributed by atoms with E-state index >= 15 is 0 Å². The van der Waals surface area contributed by atoms with Gasteiger partial charge in [-0.2, -0.15) is 0 Å². The van der Waals surface area contributed by atoms with Crippen molar-refractivity contribution < 1.29 is 4.79 Å². The van der Waals surface area contributed by atoms with Gasteiger partial charge in [0, 0.05) is 18.1 Å². The smallest absolute Gasteiger partial charge is 0.242 e. The largest absolute Gasteiger partial charge is 0.339 e. The van der Waals surface area contributed by atoms with Crippen molar-refractivity contribution >= 4 is 17.2 Å². The highest BCUT2D eigenvalue weighted by atomic mass is 32.1. The van der Waals surface area contributed by atoms with Gasteiger partial charge in [-0.3, -0.25) is 4.79 Å². The maximum Gasteiger partial charge on any atom is 0.242 e. The van der Waals surface area contributed by atoms with Crippen molar-refractivity contribution in [2.75, 3.05) is 7.05 Å². The molecule has 15 heavy (non-hydrogen) atoms. The van der Waals surface area contributed by atoms with Crippen LogP contribution in [0.5, 0.6) is 0 Å². The van der Waals surface area contributed by atoms with E-state index in [-0.39, 0.29) is 5.91 Å². The number of aromatic nitrogens is 1. The zero-order valence-electron chi connectivity index (χ0n) is 8.99. The first-order valence-corrected chi connectivity index (χ1v) is 5.79. The van der Waals surface area contributed by atoms with Crippen LogP contribution < -0.4 is 5.73 Å². The highest BCUT2D eigenvalue weighted by molar-refractivity contribution is 7.11. The summed E-state index contributed by atoms with van der Waals surface area (Å²) < 4.78 is 0. The average Bonchev–Trinajstić information content (AvgIpc) is 2.80. The Hall–Kier alpha value is -0.940. The molecule has 0 unspecified atom stereocenters. The van der Waals surface area contributed by atoms with Gasteiger partial charge in [0.2, 0.25) is 5.91 Å². The molecule has 0 radical (unpaired) electrons. The zero-order valence-corrected chi connectivity index (χ0v) is 9.80. The topological polar surface area (TPSA) is 59.2 Å². The van der Waals surface area contributed by atoms with Crippen LogP contribution in [-0.4, -0.2) is 28.4 Å². The molecular weight excluding hydrogens is 210 g/mol. The Morgan fingerprint density at radius 3 is 2.87 bits per heavy atom. The molecule has 0 aromatic carbocycles. The first-order valence-electron chi connectivity index (χ1n) is 4.97. The third kappa shape index (κ3) is 2.18. The van der Waals surface area contributed by atoms with E-state index in [1.165, 1.54) is 0 Å². The van der Waals surface area contributed by atoms with Crippen molar-refractivity contribution in [2.45, 2.75) is 31.8 Å². The number of thiazole rings is 1. The van der Waals surface area contributed by atoms with E-state index in [0.29, 0.717) is 6.54 Å². The zero-order chi connectivity index (χ0) is 11.1. The summed E-state index contributed by atoms with van der Waals surface area (Å²) >= 11 is 1.62. The summed E-state index contributed by atoms with van der Waals surface area (Å²) in [6.07, 6.45) is 3.45. The molecule has 1 amide bonds. The van der Waals surface area contributed by atoms with Gasteiger partial charge in [0.15, 0.2) is 0 Å². The van der Waals surface area contributed by atoms with Crippen LogP contribution in [0.25, 0.3) is 0 Å². The number of carbonyl (C=O) groups is 1. The highest BCUT2D eigenvalue weighted by Gasteiger charge is 2.47. The molecule has 2 rings (SSSR count). The second-order valence-electron chi connectivity index (χ2n) is 4.16. The predicted molar refractivity (Wildman–Crippen MR) is 59.5 cm³/mol. The van der Waals surface area contributed by atoms with Gasteiger partial charge in [0.05, 0.1) is 17.1 Å². The van der Waals surface area contributed by atoms with E-state index in [1.54, 1.807) is 23.3 Å². The van der Waals surface area contributed by atoms with Crippen LogP contribution in [0.1, 0.15) is 22.7 Å². The molecule has 1 saturated carbocycles. The number of hydrogen-bond acceptors (Lipinski definition) is 4. The van der Waals surface area contributed by atoms with Crippen LogP contribution >= 0.6 is 11.3 Å². The number of hydrogen-bond donors (Lipinski definition) is 1. The molecule has 1 aromatic rings. The summed E-state index contributed by atoms with van der Waals surface area (Å²) in [5, 5.41) is 1.03. The number of likely N-dealkylation sites (N-methyl/N-ethyl adjacent to an activating group) is 1. The molecule has 0 bridgehead atoms. The normalized spacial score (nSPS) is 17.5. The van der Waals surface area contributed by atoms with Crippen molar-refractivity contribution in [3.63, 3.8) is 0 Å². The SMILES string of the molecule is Cc1ncc(CN(C)C(=O)C2(N)CC2)s1. The quantitative estimate of drug-likeness (QED) is 0.831. The number of rotatable bonds is 3. The average molecular weight is 225 g/mol. The first kappa shape index (κ1) is 10.6. The lowest BCUT2D eigenvalue weighted by molar-refractivity contribution is -0.132. The molecule has 0 aliphatic heterocycles. The number of nitrogens with zero attached hydrogens (tertiary/aromatic N) is 2. The molecule has 5 heteroatoms. The number of amides is 1. The maximum atomic E-state index is 11.8. The molecule has 0 spiro atoms. The first-order chi connectivity index (χ1) is 7.01. The summed E-state index contributed by atoms with van der Waals surface area (Å²) in [6, 6.07) is 0. The van der Waals surface area contributed by atoms with E-state index < -0.39 is 5.54 Å². The van der Waals surface area contributed by atoms with Crippen LogP contribution in [0, 0.1) is 6.92 Å². The fourth-order valence-electron chi connectivity index (χ4n) is 1.51. The summed E-state index contributed by atoms with van der Waals surface area (Å²) in [5.41, 5.74) is 5.29. The standard InChI is InChI=1S/C10H15N3OS/c1-7-12-5-8(15-7)6-13(2)9(14)10(11)3-4-10/h5H,3-4,6,11H2,1-2H3. The number of nitrogens with two attached hydrogens (primary N) is 1. The second-order valence-corrected chi connectivity index (χ2v) is 5.48.